The van der Waals surface area contributed by atoms with Gasteiger partial charge in [0.05, 0.1) is 11.2 Å². The van der Waals surface area contributed by atoms with E-state index in [9.17, 15) is 4.79 Å². The molecule has 0 aliphatic carbocycles. The Morgan fingerprint density at radius 1 is 1.31 bits per heavy atom. The predicted molar refractivity (Wildman–Crippen MR) is 67.5 cm³/mol. The zero-order valence-electron chi connectivity index (χ0n) is 9.60. The number of pyridine rings is 1. The molecule has 1 heterocycles. The van der Waals surface area contributed by atoms with Gasteiger partial charge in [-0.25, -0.2) is 0 Å². The first-order chi connectivity index (χ1) is 7.59. The van der Waals surface area contributed by atoms with Crippen LogP contribution in [0.25, 0.3) is 10.9 Å². The predicted octanol–water partition coefficient (Wildman–Crippen LogP) is 2.24. The molecule has 2 rings (SSSR count). The van der Waals surface area contributed by atoms with E-state index < -0.39 is 0 Å². The molecule has 1 aromatic heterocycles. The number of nitrogens with zero attached hydrogens (tertiary/aromatic N) is 1. The van der Waals surface area contributed by atoms with Crippen LogP contribution in [-0.4, -0.2) is 4.57 Å². The number of para-hydroxylation sites is 1. The maximum Gasteiger partial charge on any atom is 0.189 e. The molecule has 0 unspecified atom stereocenters. The minimum absolute atomic E-state index is 0.0299. The Bertz CT molecular complexity index is 570. The number of aromatic nitrogens is 1. The van der Waals surface area contributed by atoms with E-state index >= 15 is 0 Å². The Kier molecular flexibility index (Phi) is 2.69. The molecule has 0 saturated carbocycles. The number of rotatable bonds is 2. The standard InChI is InChI=1S/C13H16N2O/c1-9(2)8-15-7-6-12(16)10-4-3-5-11(14)13(10)15/h3-7,9H,8,14H2,1-2H3. The molecule has 16 heavy (non-hydrogen) atoms. The van der Waals surface area contributed by atoms with E-state index in [0.717, 1.165) is 12.1 Å². The third-order valence-electron chi connectivity index (χ3n) is 2.59. The number of benzene rings is 1. The topological polar surface area (TPSA) is 48.0 Å². The average molecular weight is 216 g/mol. The number of hydrogen-bond acceptors (Lipinski definition) is 2. The van der Waals surface area contributed by atoms with Gasteiger partial charge in [0.15, 0.2) is 5.43 Å². The molecular formula is C13H16N2O. The number of nitrogens with two attached hydrogens (primary N) is 1. The first-order valence-electron chi connectivity index (χ1n) is 5.47. The van der Waals surface area contributed by atoms with Crippen LogP contribution in [0.2, 0.25) is 0 Å². The number of anilines is 1. The van der Waals surface area contributed by atoms with Crippen molar-refractivity contribution in [3.63, 3.8) is 0 Å². The zero-order chi connectivity index (χ0) is 11.7. The van der Waals surface area contributed by atoms with Crippen LogP contribution in [-0.2, 0) is 6.54 Å². The van der Waals surface area contributed by atoms with Crippen molar-refractivity contribution in [2.45, 2.75) is 20.4 Å². The van der Waals surface area contributed by atoms with Gasteiger partial charge in [0, 0.05) is 24.2 Å². The summed E-state index contributed by atoms with van der Waals surface area (Å²) in [6, 6.07) is 7.08. The molecule has 0 aliphatic rings. The van der Waals surface area contributed by atoms with Crippen LogP contribution >= 0.6 is 0 Å². The van der Waals surface area contributed by atoms with E-state index in [4.69, 9.17) is 5.73 Å². The monoisotopic (exact) mass is 216 g/mol. The average Bonchev–Trinajstić information content (AvgIpc) is 2.22. The third-order valence-corrected chi connectivity index (χ3v) is 2.59. The molecular weight excluding hydrogens is 200 g/mol. The van der Waals surface area contributed by atoms with E-state index in [-0.39, 0.29) is 5.43 Å². The van der Waals surface area contributed by atoms with Crippen LogP contribution in [0.1, 0.15) is 13.8 Å². The molecule has 1 aromatic carbocycles. The normalized spacial score (nSPS) is 11.2. The summed E-state index contributed by atoms with van der Waals surface area (Å²) in [5, 5.41) is 0.697. The van der Waals surface area contributed by atoms with Gasteiger partial charge in [-0.2, -0.15) is 0 Å². The minimum atomic E-state index is 0.0299. The Balaban J connectivity index is 2.76. The molecule has 3 nitrogen and oxygen atoms in total. The number of nitrogen functional groups attached to an aromatic ring is 1. The lowest BCUT2D eigenvalue weighted by Gasteiger charge is -2.14. The lowest BCUT2D eigenvalue weighted by molar-refractivity contribution is 0.533. The second kappa shape index (κ2) is 4.00. The summed E-state index contributed by atoms with van der Waals surface area (Å²) < 4.78 is 2.05. The van der Waals surface area contributed by atoms with Crippen LogP contribution < -0.4 is 11.2 Å². The zero-order valence-corrected chi connectivity index (χ0v) is 9.60. The van der Waals surface area contributed by atoms with Gasteiger partial charge >= 0.3 is 0 Å². The number of hydrogen-bond donors (Lipinski definition) is 1. The van der Waals surface area contributed by atoms with Gasteiger partial charge in [0.1, 0.15) is 0 Å². The molecule has 0 fully saturated rings. The Labute approximate surface area is 94.5 Å². The Morgan fingerprint density at radius 3 is 2.75 bits per heavy atom. The van der Waals surface area contributed by atoms with Gasteiger partial charge in [0.2, 0.25) is 0 Å². The van der Waals surface area contributed by atoms with Crippen molar-refractivity contribution in [3.05, 3.63) is 40.7 Å². The fraction of sp³-hybridized carbons (Fsp3) is 0.308. The van der Waals surface area contributed by atoms with Crippen molar-refractivity contribution in [2.75, 3.05) is 5.73 Å². The van der Waals surface area contributed by atoms with Crippen LogP contribution in [0.4, 0.5) is 5.69 Å². The fourth-order valence-electron chi connectivity index (χ4n) is 1.95. The maximum absolute atomic E-state index is 11.7. The highest BCUT2D eigenvalue weighted by atomic mass is 16.1. The molecule has 0 saturated heterocycles. The van der Waals surface area contributed by atoms with E-state index in [0.29, 0.717) is 17.0 Å². The highest BCUT2D eigenvalue weighted by Gasteiger charge is 2.06. The Morgan fingerprint density at radius 2 is 2.06 bits per heavy atom. The SMILES string of the molecule is CC(C)Cn1ccc(=O)c2cccc(N)c21. The summed E-state index contributed by atoms with van der Waals surface area (Å²) in [5.41, 5.74) is 7.49. The molecule has 3 heteroatoms. The summed E-state index contributed by atoms with van der Waals surface area (Å²) in [6.45, 7) is 5.15. The van der Waals surface area contributed by atoms with Crippen LogP contribution in [0, 0.1) is 5.92 Å². The molecule has 0 aliphatic heterocycles. The summed E-state index contributed by atoms with van der Waals surface area (Å²) in [4.78, 5) is 11.7. The van der Waals surface area contributed by atoms with Gasteiger partial charge in [-0.05, 0) is 18.1 Å². The van der Waals surface area contributed by atoms with Gasteiger partial charge in [-0.3, -0.25) is 4.79 Å². The lowest BCUT2D eigenvalue weighted by atomic mass is 10.1. The fourth-order valence-corrected chi connectivity index (χ4v) is 1.95. The van der Waals surface area contributed by atoms with Crippen LogP contribution in [0.15, 0.2) is 35.3 Å². The van der Waals surface area contributed by atoms with Crippen LogP contribution in [0.3, 0.4) is 0 Å². The lowest BCUT2D eigenvalue weighted by Crippen LogP contribution is -2.12. The van der Waals surface area contributed by atoms with E-state index in [1.54, 1.807) is 6.07 Å². The van der Waals surface area contributed by atoms with Gasteiger partial charge in [0.25, 0.3) is 0 Å². The third kappa shape index (κ3) is 1.81. The van der Waals surface area contributed by atoms with Gasteiger partial charge in [-0.1, -0.05) is 19.9 Å². The summed E-state index contributed by atoms with van der Waals surface area (Å²) in [5.74, 6) is 0.519. The molecule has 0 radical (unpaired) electrons. The van der Waals surface area contributed by atoms with Crippen molar-refractivity contribution >= 4 is 16.6 Å². The molecule has 84 valence electrons. The van der Waals surface area contributed by atoms with E-state index in [1.807, 2.05) is 24.4 Å². The first kappa shape index (κ1) is 10.7. The Hall–Kier alpha value is -1.77. The molecule has 2 N–H and O–H groups in total. The summed E-state index contributed by atoms with van der Waals surface area (Å²) >= 11 is 0. The second-order valence-electron chi connectivity index (χ2n) is 4.47. The highest BCUT2D eigenvalue weighted by molar-refractivity contribution is 5.89. The van der Waals surface area contributed by atoms with Crippen molar-refractivity contribution in [2.24, 2.45) is 5.92 Å². The van der Waals surface area contributed by atoms with Crippen molar-refractivity contribution < 1.29 is 0 Å². The quantitative estimate of drug-likeness (QED) is 0.782. The molecule has 0 spiro atoms. The minimum Gasteiger partial charge on any atom is -0.397 e. The second-order valence-corrected chi connectivity index (χ2v) is 4.47. The first-order valence-corrected chi connectivity index (χ1v) is 5.47. The van der Waals surface area contributed by atoms with Gasteiger partial charge < -0.3 is 10.3 Å². The molecule has 0 amide bonds. The summed E-state index contributed by atoms with van der Waals surface area (Å²) in [6.07, 6.45) is 1.82. The highest BCUT2D eigenvalue weighted by Crippen LogP contribution is 2.18. The van der Waals surface area contributed by atoms with Gasteiger partial charge in [-0.15, -0.1) is 0 Å². The smallest absolute Gasteiger partial charge is 0.189 e. The van der Waals surface area contributed by atoms with E-state index in [1.165, 1.54) is 0 Å². The molecule has 0 bridgehead atoms. The van der Waals surface area contributed by atoms with Crippen molar-refractivity contribution in [1.29, 1.82) is 0 Å². The maximum atomic E-state index is 11.7. The summed E-state index contributed by atoms with van der Waals surface area (Å²) in [7, 11) is 0. The number of fused-ring (bicyclic) bond motifs is 1. The van der Waals surface area contributed by atoms with Crippen molar-refractivity contribution in [3.8, 4) is 0 Å². The van der Waals surface area contributed by atoms with E-state index in [2.05, 4.69) is 18.4 Å². The van der Waals surface area contributed by atoms with Crippen molar-refractivity contribution in [1.82, 2.24) is 4.57 Å². The van der Waals surface area contributed by atoms with Crippen LogP contribution in [0.5, 0.6) is 0 Å². The largest absolute Gasteiger partial charge is 0.397 e. The molecule has 0 atom stereocenters. The molecule has 2 aromatic rings.